The van der Waals surface area contributed by atoms with Crippen molar-refractivity contribution >= 4 is 28.1 Å². The van der Waals surface area contributed by atoms with Crippen LogP contribution in [0.5, 0.6) is 0 Å². The number of carbonyl (C=O) groups is 1. The molecule has 1 amide bonds. The molecule has 4 heteroatoms. The van der Waals surface area contributed by atoms with Crippen molar-refractivity contribution < 1.29 is 4.79 Å². The molecule has 1 saturated heterocycles. The molecule has 0 N–H and O–H groups in total. The van der Waals surface area contributed by atoms with E-state index in [9.17, 15) is 4.79 Å². The summed E-state index contributed by atoms with van der Waals surface area (Å²) < 4.78 is 0. The average Bonchev–Trinajstić information content (AvgIpc) is 2.73. The molecule has 1 aliphatic heterocycles. The van der Waals surface area contributed by atoms with Gasteiger partial charge in [-0.3, -0.25) is 4.79 Å². The standard InChI is InChI=1S/C24H27N3O/c1-18-17-26(15-16-27(18)21-13-11-20(12-14-21)25(2)3)24(28)23-10-6-8-19-7-4-5-9-22(19)23/h4-14,18H,15-17H2,1-3H3. The average molecular weight is 374 g/mol. The van der Waals surface area contributed by atoms with E-state index in [4.69, 9.17) is 0 Å². The van der Waals surface area contributed by atoms with Crippen molar-refractivity contribution in [1.82, 2.24) is 4.90 Å². The van der Waals surface area contributed by atoms with Crippen molar-refractivity contribution in [3.05, 3.63) is 72.3 Å². The molecule has 1 atom stereocenters. The maximum Gasteiger partial charge on any atom is 0.254 e. The number of nitrogens with zero attached hydrogens (tertiary/aromatic N) is 3. The summed E-state index contributed by atoms with van der Waals surface area (Å²) in [5.74, 6) is 0.131. The van der Waals surface area contributed by atoms with E-state index in [0.717, 1.165) is 36.0 Å². The summed E-state index contributed by atoms with van der Waals surface area (Å²) in [5, 5.41) is 2.14. The van der Waals surface area contributed by atoms with E-state index >= 15 is 0 Å². The Kier molecular flexibility index (Phi) is 4.95. The van der Waals surface area contributed by atoms with Gasteiger partial charge in [0.2, 0.25) is 0 Å². The van der Waals surface area contributed by atoms with Crippen LogP contribution in [0.2, 0.25) is 0 Å². The molecule has 4 rings (SSSR count). The Labute approximate surface area is 167 Å². The molecule has 3 aromatic carbocycles. The normalized spacial score (nSPS) is 17.0. The molecule has 1 fully saturated rings. The third-order valence-corrected chi connectivity index (χ3v) is 5.63. The summed E-state index contributed by atoms with van der Waals surface area (Å²) in [6, 6.07) is 23.0. The van der Waals surface area contributed by atoms with Crippen LogP contribution in [0.15, 0.2) is 66.7 Å². The summed E-state index contributed by atoms with van der Waals surface area (Å²) in [5.41, 5.74) is 3.21. The number of carbonyl (C=O) groups excluding carboxylic acids is 1. The SMILES string of the molecule is CC1CN(C(=O)c2cccc3ccccc23)CCN1c1ccc(N(C)C)cc1. The van der Waals surface area contributed by atoms with Gasteiger partial charge in [0, 0.05) is 56.7 Å². The number of amides is 1. The number of hydrogen-bond donors (Lipinski definition) is 0. The summed E-state index contributed by atoms with van der Waals surface area (Å²) in [4.78, 5) is 19.7. The van der Waals surface area contributed by atoms with Crippen molar-refractivity contribution in [2.24, 2.45) is 0 Å². The number of anilines is 2. The number of piperazine rings is 1. The van der Waals surface area contributed by atoms with Crippen molar-refractivity contribution in [2.45, 2.75) is 13.0 Å². The Bertz CT molecular complexity index is 975. The molecule has 0 bridgehead atoms. The molecule has 0 spiro atoms. The minimum absolute atomic E-state index is 0.131. The van der Waals surface area contributed by atoms with Crippen LogP contribution in [-0.4, -0.2) is 50.6 Å². The molecule has 28 heavy (non-hydrogen) atoms. The van der Waals surface area contributed by atoms with E-state index in [2.05, 4.69) is 67.2 Å². The lowest BCUT2D eigenvalue weighted by Crippen LogP contribution is -2.53. The summed E-state index contributed by atoms with van der Waals surface area (Å²) in [7, 11) is 4.10. The van der Waals surface area contributed by atoms with Gasteiger partial charge < -0.3 is 14.7 Å². The predicted octanol–water partition coefficient (Wildman–Crippen LogP) is 4.26. The van der Waals surface area contributed by atoms with Gasteiger partial charge in [-0.1, -0.05) is 36.4 Å². The highest BCUT2D eigenvalue weighted by atomic mass is 16.2. The Hall–Kier alpha value is -3.01. The van der Waals surface area contributed by atoms with Gasteiger partial charge in [-0.15, -0.1) is 0 Å². The third-order valence-electron chi connectivity index (χ3n) is 5.63. The van der Waals surface area contributed by atoms with Crippen molar-refractivity contribution in [3.63, 3.8) is 0 Å². The van der Waals surface area contributed by atoms with E-state index in [1.54, 1.807) is 0 Å². The summed E-state index contributed by atoms with van der Waals surface area (Å²) in [6.45, 7) is 4.51. The van der Waals surface area contributed by atoms with Crippen LogP contribution in [0, 0.1) is 0 Å². The lowest BCUT2D eigenvalue weighted by molar-refractivity contribution is 0.0728. The van der Waals surface area contributed by atoms with Crippen LogP contribution in [0.1, 0.15) is 17.3 Å². The van der Waals surface area contributed by atoms with Gasteiger partial charge in [0.15, 0.2) is 0 Å². The minimum Gasteiger partial charge on any atom is -0.378 e. The molecular weight excluding hydrogens is 346 g/mol. The minimum atomic E-state index is 0.131. The van der Waals surface area contributed by atoms with Crippen LogP contribution in [0.25, 0.3) is 10.8 Å². The van der Waals surface area contributed by atoms with E-state index in [-0.39, 0.29) is 11.9 Å². The zero-order valence-corrected chi connectivity index (χ0v) is 16.8. The smallest absolute Gasteiger partial charge is 0.254 e. The molecule has 1 unspecified atom stereocenters. The first-order chi connectivity index (χ1) is 13.5. The van der Waals surface area contributed by atoms with Crippen LogP contribution in [-0.2, 0) is 0 Å². The highest BCUT2D eigenvalue weighted by molar-refractivity contribution is 6.07. The molecule has 0 saturated carbocycles. The summed E-state index contributed by atoms with van der Waals surface area (Å²) in [6.07, 6.45) is 0. The van der Waals surface area contributed by atoms with Gasteiger partial charge in [-0.2, -0.15) is 0 Å². The largest absolute Gasteiger partial charge is 0.378 e. The lowest BCUT2D eigenvalue weighted by Gasteiger charge is -2.41. The molecule has 0 radical (unpaired) electrons. The fourth-order valence-electron chi connectivity index (χ4n) is 4.05. The van der Waals surface area contributed by atoms with Gasteiger partial charge in [0.1, 0.15) is 0 Å². The second-order valence-corrected chi connectivity index (χ2v) is 7.73. The van der Waals surface area contributed by atoms with Gasteiger partial charge in [-0.05, 0) is 48.0 Å². The Morgan fingerprint density at radius 1 is 0.929 bits per heavy atom. The van der Waals surface area contributed by atoms with Crippen LogP contribution >= 0.6 is 0 Å². The molecule has 0 aliphatic carbocycles. The van der Waals surface area contributed by atoms with Crippen molar-refractivity contribution in [3.8, 4) is 0 Å². The number of hydrogen-bond acceptors (Lipinski definition) is 3. The highest BCUT2D eigenvalue weighted by Gasteiger charge is 2.28. The quantitative estimate of drug-likeness (QED) is 0.686. The molecule has 1 aliphatic rings. The second kappa shape index (κ2) is 7.55. The predicted molar refractivity (Wildman–Crippen MR) is 117 cm³/mol. The van der Waals surface area contributed by atoms with Crippen LogP contribution < -0.4 is 9.80 Å². The maximum atomic E-state index is 13.2. The molecule has 144 valence electrons. The number of rotatable bonds is 3. The van der Waals surface area contributed by atoms with E-state index in [0.29, 0.717) is 0 Å². The third kappa shape index (κ3) is 3.42. The van der Waals surface area contributed by atoms with Crippen molar-refractivity contribution in [1.29, 1.82) is 0 Å². The lowest BCUT2D eigenvalue weighted by atomic mass is 10.0. The number of benzene rings is 3. The van der Waals surface area contributed by atoms with Crippen molar-refractivity contribution in [2.75, 3.05) is 43.5 Å². The van der Waals surface area contributed by atoms with Crippen LogP contribution in [0.3, 0.4) is 0 Å². The Morgan fingerprint density at radius 2 is 1.64 bits per heavy atom. The monoisotopic (exact) mass is 373 g/mol. The molecule has 3 aromatic rings. The zero-order valence-electron chi connectivity index (χ0n) is 16.8. The first-order valence-corrected chi connectivity index (χ1v) is 9.85. The zero-order chi connectivity index (χ0) is 19.7. The Balaban J connectivity index is 1.51. The fourth-order valence-corrected chi connectivity index (χ4v) is 4.05. The van der Waals surface area contributed by atoms with Crippen LogP contribution in [0.4, 0.5) is 11.4 Å². The first kappa shape index (κ1) is 18.4. The fraction of sp³-hybridized carbons (Fsp3) is 0.292. The topological polar surface area (TPSA) is 26.8 Å². The maximum absolute atomic E-state index is 13.2. The molecular formula is C24H27N3O. The van der Waals surface area contributed by atoms with Gasteiger partial charge in [-0.25, -0.2) is 0 Å². The van der Waals surface area contributed by atoms with E-state index in [1.807, 2.05) is 35.2 Å². The van der Waals surface area contributed by atoms with E-state index in [1.165, 1.54) is 11.4 Å². The summed E-state index contributed by atoms with van der Waals surface area (Å²) >= 11 is 0. The Morgan fingerprint density at radius 3 is 2.36 bits per heavy atom. The van der Waals surface area contributed by atoms with Gasteiger partial charge >= 0.3 is 0 Å². The number of fused-ring (bicyclic) bond motifs is 1. The molecule has 4 nitrogen and oxygen atoms in total. The molecule has 0 aromatic heterocycles. The van der Waals surface area contributed by atoms with Gasteiger partial charge in [0.05, 0.1) is 0 Å². The van der Waals surface area contributed by atoms with Gasteiger partial charge in [0.25, 0.3) is 5.91 Å². The highest BCUT2D eigenvalue weighted by Crippen LogP contribution is 2.25. The first-order valence-electron chi connectivity index (χ1n) is 9.85. The molecule has 1 heterocycles. The van der Waals surface area contributed by atoms with E-state index < -0.39 is 0 Å². The second-order valence-electron chi connectivity index (χ2n) is 7.73.